The van der Waals surface area contributed by atoms with Gasteiger partial charge in [-0.2, -0.15) is 5.10 Å². The maximum Gasteiger partial charge on any atom is 0.341 e. The van der Waals surface area contributed by atoms with Crippen LogP contribution in [0.5, 0.6) is 0 Å². The Kier molecular flexibility index (Phi) is 6.67. The number of ether oxygens (including phenoxy) is 2. The first-order valence-corrected chi connectivity index (χ1v) is 6.92. The predicted molar refractivity (Wildman–Crippen MR) is 76.6 cm³/mol. The molecule has 0 unspecified atom stereocenters. The molecule has 0 aromatic carbocycles. The summed E-state index contributed by atoms with van der Waals surface area (Å²) in [6.45, 7) is 8.52. The van der Waals surface area contributed by atoms with Crippen LogP contribution in [-0.2, 0) is 23.1 Å². The van der Waals surface area contributed by atoms with E-state index in [-0.39, 0.29) is 5.97 Å². The molecule has 1 rings (SSSR count). The van der Waals surface area contributed by atoms with Gasteiger partial charge in [-0.3, -0.25) is 9.58 Å². The molecule has 6 heteroatoms. The van der Waals surface area contributed by atoms with Crippen LogP contribution in [0.4, 0.5) is 0 Å². The van der Waals surface area contributed by atoms with Gasteiger partial charge < -0.3 is 9.47 Å². The van der Waals surface area contributed by atoms with E-state index in [0.717, 1.165) is 12.2 Å². The van der Waals surface area contributed by atoms with Crippen LogP contribution in [0.1, 0.15) is 36.8 Å². The molecule has 0 aliphatic heterocycles. The van der Waals surface area contributed by atoms with E-state index < -0.39 is 0 Å². The fourth-order valence-corrected chi connectivity index (χ4v) is 1.95. The number of esters is 1. The Morgan fingerprint density at radius 1 is 1.50 bits per heavy atom. The molecule has 1 heterocycles. The molecule has 0 radical (unpaired) electrons. The summed E-state index contributed by atoms with van der Waals surface area (Å²) in [7, 11) is 3.53. The highest BCUT2D eigenvalue weighted by molar-refractivity contribution is 5.90. The summed E-state index contributed by atoms with van der Waals surface area (Å²) in [5, 5.41) is 4.17. The zero-order valence-electron chi connectivity index (χ0n) is 13.0. The summed E-state index contributed by atoms with van der Waals surface area (Å²) in [6, 6.07) is 0.357. The van der Waals surface area contributed by atoms with Gasteiger partial charge in [0.2, 0.25) is 0 Å². The molecular weight excluding hydrogens is 258 g/mol. The third-order valence-corrected chi connectivity index (χ3v) is 3.22. The fourth-order valence-electron chi connectivity index (χ4n) is 1.95. The zero-order chi connectivity index (χ0) is 15.1. The van der Waals surface area contributed by atoms with Crippen LogP contribution >= 0.6 is 0 Å². The lowest BCUT2D eigenvalue weighted by Gasteiger charge is -2.26. The average Bonchev–Trinajstić information content (AvgIpc) is 2.76. The van der Waals surface area contributed by atoms with Crippen LogP contribution in [-0.4, -0.2) is 53.6 Å². The topological polar surface area (TPSA) is 56.6 Å². The zero-order valence-corrected chi connectivity index (χ0v) is 13.0. The van der Waals surface area contributed by atoms with E-state index in [0.29, 0.717) is 31.4 Å². The molecule has 0 spiro atoms. The first kappa shape index (κ1) is 16.7. The van der Waals surface area contributed by atoms with E-state index in [2.05, 4.69) is 23.8 Å². The Balaban J connectivity index is 2.88. The van der Waals surface area contributed by atoms with Gasteiger partial charge in [0.25, 0.3) is 0 Å². The van der Waals surface area contributed by atoms with Crippen molar-refractivity contribution in [2.45, 2.75) is 33.4 Å². The third kappa shape index (κ3) is 4.31. The lowest BCUT2D eigenvalue weighted by Crippen LogP contribution is -2.34. The SMILES string of the molecule is CCOC(=O)c1cnn(C)c1CN(CCOC)C(C)C. The molecule has 0 amide bonds. The quantitative estimate of drug-likeness (QED) is 0.676. The summed E-state index contributed by atoms with van der Waals surface area (Å²) in [5.41, 5.74) is 1.41. The Morgan fingerprint density at radius 3 is 2.75 bits per heavy atom. The van der Waals surface area contributed by atoms with Gasteiger partial charge in [-0.1, -0.05) is 0 Å². The normalized spacial score (nSPS) is 11.3. The number of hydrogen-bond acceptors (Lipinski definition) is 5. The molecule has 0 saturated heterocycles. The fraction of sp³-hybridized carbons (Fsp3) is 0.714. The first-order valence-electron chi connectivity index (χ1n) is 6.92. The van der Waals surface area contributed by atoms with Crippen molar-refractivity contribution in [3.8, 4) is 0 Å². The smallest absolute Gasteiger partial charge is 0.341 e. The van der Waals surface area contributed by atoms with Crippen LogP contribution in [0.3, 0.4) is 0 Å². The lowest BCUT2D eigenvalue weighted by atomic mass is 10.2. The molecule has 114 valence electrons. The van der Waals surface area contributed by atoms with E-state index in [1.165, 1.54) is 0 Å². The van der Waals surface area contributed by atoms with Crippen LogP contribution in [0.2, 0.25) is 0 Å². The van der Waals surface area contributed by atoms with Crippen molar-refractivity contribution in [2.75, 3.05) is 26.9 Å². The molecule has 0 bridgehead atoms. The van der Waals surface area contributed by atoms with E-state index in [1.54, 1.807) is 24.9 Å². The van der Waals surface area contributed by atoms with Gasteiger partial charge in [-0.25, -0.2) is 4.79 Å². The predicted octanol–water partition coefficient (Wildman–Crippen LogP) is 1.45. The van der Waals surface area contributed by atoms with Crippen LogP contribution in [0, 0.1) is 0 Å². The van der Waals surface area contributed by atoms with Crippen LogP contribution in [0.15, 0.2) is 6.20 Å². The van der Waals surface area contributed by atoms with Gasteiger partial charge in [-0.15, -0.1) is 0 Å². The Hall–Kier alpha value is -1.40. The third-order valence-electron chi connectivity index (χ3n) is 3.22. The highest BCUT2D eigenvalue weighted by Crippen LogP contribution is 2.14. The summed E-state index contributed by atoms with van der Waals surface area (Å²) in [4.78, 5) is 14.2. The maximum absolute atomic E-state index is 11.9. The van der Waals surface area contributed by atoms with Crippen molar-refractivity contribution in [3.63, 3.8) is 0 Å². The highest BCUT2D eigenvalue weighted by Gasteiger charge is 2.20. The van der Waals surface area contributed by atoms with Gasteiger partial charge in [0.05, 0.1) is 25.1 Å². The van der Waals surface area contributed by atoms with Crippen molar-refractivity contribution in [1.29, 1.82) is 0 Å². The Bertz CT molecular complexity index is 429. The first-order chi connectivity index (χ1) is 9.51. The average molecular weight is 283 g/mol. The van der Waals surface area contributed by atoms with E-state index >= 15 is 0 Å². The van der Waals surface area contributed by atoms with E-state index in [1.807, 2.05) is 7.05 Å². The molecule has 20 heavy (non-hydrogen) atoms. The van der Waals surface area contributed by atoms with Gasteiger partial charge in [0, 0.05) is 33.3 Å². The molecule has 0 atom stereocenters. The molecule has 0 fully saturated rings. The molecule has 0 N–H and O–H groups in total. The minimum Gasteiger partial charge on any atom is -0.462 e. The summed E-state index contributed by atoms with van der Waals surface area (Å²) >= 11 is 0. The van der Waals surface area contributed by atoms with Crippen molar-refractivity contribution in [2.24, 2.45) is 7.05 Å². The molecule has 6 nitrogen and oxygen atoms in total. The number of aromatic nitrogens is 2. The summed E-state index contributed by atoms with van der Waals surface area (Å²) in [5.74, 6) is -0.314. The standard InChI is InChI=1S/C14H25N3O3/c1-6-20-14(18)12-9-15-16(4)13(12)10-17(11(2)3)7-8-19-5/h9,11H,6-8,10H2,1-5H3. The summed E-state index contributed by atoms with van der Waals surface area (Å²) in [6.07, 6.45) is 1.57. The molecule has 1 aromatic rings. The Labute approximate surface area is 120 Å². The van der Waals surface area contributed by atoms with E-state index in [9.17, 15) is 4.79 Å². The Morgan fingerprint density at radius 2 is 2.20 bits per heavy atom. The van der Waals surface area contributed by atoms with Gasteiger partial charge in [0.15, 0.2) is 0 Å². The number of methoxy groups -OCH3 is 1. The minimum atomic E-state index is -0.314. The highest BCUT2D eigenvalue weighted by atomic mass is 16.5. The largest absolute Gasteiger partial charge is 0.462 e. The number of nitrogens with zero attached hydrogens (tertiary/aromatic N) is 3. The van der Waals surface area contributed by atoms with Crippen molar-refractivity contribution in [3.05, 3.63) is 17.5 Å². The number of carbonyl (C=O) groups excluding carboxylic acids is 1. The molecule has 0 aliphatic rings. The minimum absolute atomic E-state index is 0.314. The van der Waals surface area contributed by atoms with Crippen molar-refractivity contribution < 1.29 is 14.3 Å². The second-order valence-electron chi connectivity index (χ2n) is 4.91. The van der Waals surface area contributed by atoms with Gasteiger partial charge in [-0.05, 0) is 20.8 Å². The molecule has 0 aliphatic carbocycles. The lowest BCUT2D eigenvalue weighted by molar-refractivity contribution is 0.0522. The van der Waals surface area contributed by atoms with Crippen LogP contribution < -0.4 is 0 Å². The number of carbonyl (C=O) groups is 1. The van der Waals surface area contributed by atoms with Gasteiger partial charge in [0.1, 0.15) is 5.56 Å². The molecule has 1 aromatic heterocycles. The maximum atomic E-state index is 11.9. The number of hydrogen-bond donors (Lipinski definition) is 0. The van der Waals surface area contributed by atoms with Gasteiger partial charge >= 0.3 is 5.97 Å². The molecular formula is C14H25N3O3. The second kappa shape index (κ2) is 8.01. The number of aryl methyl sites for hydroxylation is 1. The number of rotatable bonds is 8. The molecule has 0 saturated carbocycles. The monoisotopic (exact) mass is 283 g/mol. The van der Waals surface area contributed by atoms with Crippen molar-refractivity contribution >= 4 is 5.97 Å². The van der Waals surface area contributed by atoms with E-state index in [4.69, 9.17) is 9.47 Å². The van der Waals surface area contributed by atoms with Crippen molar-refractivity contribution in [1.82, 2.24) is 14.7 Å². The van der Waals surface area contributed by atoms with Crippen LogP contribution in [0.25, 0.3) is 0 Å². The second-order valence-corrected chi connectivity index (χ2v) is 4.91. The summed E-state index contributed by atoms with van der Waals surface area (Å²) < 4.78 is 11.9.